The molecule has 0 spiro atoms. The minimum atomic E-state index is -4.79. The number of guanidine groups is 1. The molecule has 1 atom stereocenters. The molecule has 1 fully saturated rings. The molecule has 2 aromatic heterocycles. The number of rotatable bonds is 6. The molecule has 1 aliphatic heterocycles. The van der Waals surface area contributed by atoms with Gasteiger partial charge in [0.1, 0.15) is 10.9 Å². The Morgan fingerprint density at radius 3 is 2.66 bits per heavy atom. The Labute approximate surface area is 183 Å². The Hall–Kier alpha value is -2.87. The molecule has 0 aliphatic carbocycles. The fourth-order valence-electron chi connectivity index (χ4n) is 3.48. The number of halogens is 3. The summed E-state index contributed by atoms with van der Waals surface area (Å²) in [6.07, 6.45) is -6.16. The molecule has 0 saturated carbocycles. The molecule has 2 aromatic rings. The Bertz CT molecular complexity index is 1180. The van der Waals surface area contributed by atoms with E-state index in [0.29, 0.717) is 23.5 Å². The predicted molar refractivity (Wildman–Crippen MR) is 112 cm³/mol. The highest BCUT2D eigenvalue weighted by atomic mass is 32.1. The summed E-state index contributed by atoms with van der Waals surface area (Å²) in [5.41, 5.74) is -1.64. The van der Waals surface area contributed by atoms with Gasteiger partial charge in [-0.2, -0.15) is 13.2 Å². The first-order chi connectivity index (χ1) is 15.0. The molecule has 176 valence electrons. The third-order valence-electron chi connectivity index (χ3n) is 5.22. The van der Waals surface area contributed by atoms with Gasteiger partial charge in [0.2, 0.25) is 5.96 Å². The number of methoxy groups -OCH3 is 1. The molecule has 14 heteroatoms. The molecule has 3 heterocycles. The third-order valence-corrected chi connectivity index (χ3v) is 6.52. The third kappa shape index (κ3) is 4.37. The summed E-state index contributed by atoms with van der Waals surface area (Å²) in [5.74, 6) is 0.147. The van der Waals surface area contributed by atoms with Crippen LogP contribution in [0.4, 0.5) is 18.0 Å². The summed E-state index contributed by atoms with van der Waals surface area (Å²) in [6, 6.07) is -2.31. The van der Waals surface area contributed by atoms with Gasteiger partial charge in [0, 0.05) is 25.1 Å². The van der Waals surface area contributed by atoms with Gasteiger partial charge in [-0.15, -0.1) is 16.3 Å². The normalized spacial score (nSPS) is 16.7. The summed E-state index contributed by atoms with van der Waals surface area (Å²) < 4.78 is 46.5. The molecule has 1 amide bonds. The molecule has 0 radical (unpaired) electrons. The molecule has 0 bridgehead atoms. The number of aromatic nitrogens is 2. The molecular formula is C18H22F3N5O5S. The quantitative estimate of drug-likeness (QED) is 0.651. The highest BCUT2D eigenvalue weighted by Gasteiger charge is 2.40. The highest BCUT2D eigenvalue weighted by molar-refractivity contribution is 7.18. The largest absolute Gasteiger partial charge is 0.463 e. The zero-order valence-corrected chi connectivity index (χ0v) is 18.3. The maximum atomic E-state index is 13.4. The van der Waals surface area contributed by atoms with E-state index in [4.69, 9.17) is 9.84 Å². The van der Waals surface area contributed by atoms with Crippen LogP contribution in [0.15, 0.2) is 14.6 Å². The van der Waals surface area contributed by atoms with Gasteiger partial charge in [0.05, 0.1) is 25.1 Å². The van der Waals surface area contributed by atoms with Crippen molar-refractivity contribution in [1.82, 2.24) is 19.4 Å². The second kappa shape index (κ2) is 8.94. The van der Waals surface area contributed by atoms with Crippen LogP contribution in [0, 0.1) is 6.92 Å². The van der Waals surface area contributed by atoms with Crippen LogP contribution in [0.1, 0.15) is 23.4 Å². The summed E-state index contributed by atoms with van der Waals surface area (Å²) >= 11 is 1.11. The SMILES string of the molecule is COCCn1c(=O)n(C(C)C(F)(F)F)c(=O)c2c(C)c(CN3CCN/C3=N\C(=O)O)sc21. The van der Waals surface area contributed by atoms with Crippen molar-refractivity contribution in [3.63, 3.8) is 0 Å². The number of nitrogens with one attached hydrogen (secondary N) is 1. The van der Waals surface area contributed by atoms with Crippen LogP contribution in [0.25, 0.3) is 10.2 Å². The lowest BCUT2D eigenvalue weighted by Gasteiger charge is -2.19. The molecule has 32 heavy (non-hydrogen) atoms. The summed E-state index contributed by atoms with van der Waals surface area (Å²) in [6.45, 7) is 3.48. The Morgan fingerprint density at radius 1 is 1.38 bits per heavy atom. The van der Waals surface area contributed by atoms with Crippen molar-refractivity contribution in [1.29, 1.82) is 0 Å². The number of aryl methyl sites for hydroxylation is 1. The van der Waals surface area contributed by atoms with Crippen LogP contribution in [0.3, 0.4) is 0 Å². The minimum Gasteiger partial charge on any atom is -0.463 e. The van der Waals surface area contributed by atoms with E-state index < -0.39 is 29.6 Å². The number of fused-ring (bicyclic) bond motifs is 1. The smallest absolute Gasteiger partial charge is 0.434 e. The topological polar surface area (TPSA) is 118 Å². The maximum absolute atomic E-state index is 13.4. The maximum Gasteiger partial charge on any atom is 0.434 e. The van der Waals surface area contributed by atoms with E-state index in [0.717, 1.165) is 22.8 Å². The number of aliphatic imine (C=N–C) groups is 1. The van der Waals surface area contributed by atoms with Gasteiger partial charge < -0.3 is 20.1 Å². The minimum absolute atomic E-state index is 0.0284. The first-order valence-electron chi connectivity index (χ1n) is 9.60. The summed E-state index contributed by atoms with van der Waals surface area (Å²) in [7, 11) is 1.39. The molecule has 1 aliphatic rings. The monoisotopic (exact) mass is 477 g/mol. The van der Waals surface area contributed by atoms with E-state index in [1.54, 1.807) is 11.8 Å². The number of nitrogens with zero attached hydrogens (tertiary/aromatic N) is 4. The van der Waals surface area contributed by atoms with E-state index in [-0.39, 0.29) is 40.4 Å². The number of hydrogen-bond acceptors (Lipinski definition) is 5. The zero-order valence-electron chi connectivity index (χ0n) is 17.5. The van der Waals surface area contributed by atoms with Crippen LogP contribution >= 0.6 is 11.3 Å². The Kier molecular flexibility index (Phi) is 6.64. The van der Waals surface area contributed by atoms with E-state index in [2.05, 4.69) is 10.3 Å². The molecule has 1 saturated heterocycles. The molecule has 10 nitrogen and oxygen atoms in total. The summed E-state index contributed by atoms with van der Waals surface area (Å²) in [5, 5.41) is 11.8. The highest BCUT2D eigenvalue weighted by Crippen LogP contribution is 2.32. The Morgan fingerprint density at radius 2 is 2.06 bits per heavy atom. The lowest BCUT2D eigenvalue weighted by Crippen LogP contribution is -2.45. The van der Waals surface area contributed by atoms with Crippen molar-refractivity contribution in [2.24, 2.45) is 4.99 Å². The lowest BCUT2D eigenvalue weighted by atomic mass is 10.2. The fourth-order valence-corrected chi connectivity index (χ4v) is 4.81. The summed E-state index contributed by atoms with van der Waals surface area (Å²) in [4.78, 5) is 42.9. The van der Waals surface area contributed by atoms with Crippen molar-refractivity contribution in [3.8, 4) is 0 Å². The van der Waals surface area contributed by atoms with E-state index in [1.807, 2.05) is 0 Å². The first-order valence-corrected chi connectivity index (χ1v) is 10.4. The molecule has 0 aromatic carbocycles. The van der Waals surface area contributed by atoms with E-state index >= 15 is 0 Å². The number of alkyl halides is 3. The number of amides is 1. The molecular weight excluding hydrogens is 455 g/mol. The van der Waals surface area contributed by atoms with Gasteiger partial charge in [-0.05, 0) is 19.4 Å². The first kappa shape index (κ1) is 23.8. The number of hydrogen-bond donors (Lipinski definition) is 2. The van der Waals surface area contributed by atoms with Gasteiger partial charge in [-0.3, -0.25) is 9.36 Å². The van der Waals surface area contributed by atoms with Crippen molar-refractivity contribution in [2.45, 2.75) is 39.2 Å². The number of thiophene rings is 1. The Balaban J connectivity index is 2.20. The van der Waals surface area contributed by atoms with E-state index in [1.165, 1.54) is 7.11 Å². The fraction of sp³-hybridized carbons (Fsp3) is 0.556. The molecule has 3 rings (SSSR count). The van der Waals surface area contributed by atoms with Crippen molar-refractivity contribution < 1.29 is 27.8 Å². The average molecular weight is 477 g/mol. The van der Waals surface area contributed by atoms with Gasteiger partial charge in [-0.1, -0.05) is 0 Å². The van der Waals surface area contributed by atoms with Gasteiger partial charge in [-0.25, -0.2) is 14.2 Å². The van der Waals surface area contributed by atoms with Crippen molar-refractivity contribution in [3.05, 3.63) is 31.3 Å². The number of carbonyl (C=O) groups is 1. The van der Waals surface area contributed by atoms with Crippen molar-refractivity contribution >= 4 is 33.6 Å². The van der Waals surface area contributed by atoms with Gasteiger partial charge in [0.15, 0.2) is 0 Å². The standard InChI is InChI=1S/C18H22F3N5O5S/c1-9-11(8-24-5-4-22-15(24)23-16(28)29)32-14-12(9)13(27)26(10(2)18(19,20)21)17(30)25(14)6-7-31-3/h10H,4-8H2,1-3H3,(H,22,23)(H,28,29). The number of carboxylic acid groups (broad SMARTS) is 1. The zero-order chi connectivity index (χ0) is 23.8. The predicted octanol–water partition coefficient (Wildman–Crippen LogP) is 1.74. The molecule has 2 N–H and O–H groups in total. The van der Waals surface area contributed by atoms with Crippen LogP contribution in [0.2, 0.25) is 0 Å². The van der Waals surface area contributed by atoms with E-state index in [9.17, 15) is 27.6 Å². The second-order valence-corrected chi connectivity index (χ2v) is 8.30. The van der Waals surface area contributed by atoms with Crippen LogP contribution in [-0.4, -0.2) is 64.2 Å². The average Bonchev–Trinajstić information content (AvgIpc) is 3.25. The van der Waals surface area contributed by atoms with Crippen LogP contribution in [-0.2, 0) is 17.8 Å². The lowest BCUT2D eigenvalue weighted by molar-refractivity contribution is -0.164. The van der Waals surface area contributed by atoms with Crippen LogP contribution in [0.5, 0.6) is 0 Å². The second-order valence-electron chi connectivity index (χ2n) is 7.22. The molecule has 1 unspecified atom stereocenters. The van der Waals surface area contributed by atoms with Gasteiger partial charge in [0.25, 0.3) is 5.56 Å². The van der Waals surface area contributed by atoms with Crippen molar-refractivity contribution in [2.75, 3.05) is 26.8 Å². The van der Waals surface area contributed by atoms with Crippen LogP contribution < -0.4 is 16.6 Å². The number of ether oxygens (including phenoxy) is 1. The van der Waals surface area contributed by atoms with Gasteiger partial charge >= 0.3 is 18.0 Å².